The predicted molar refractivity (Wildman–Crippen MR) is 302 cm³/mol. The Labute approximate surface area is 486 Å². The number of nitrogens with one attached hydrogen (secondary N) is 1. The third-order valence-electron chi connectivity index (χ3n) is 10.3. The number of carbonyl (C=O) groups is 2. The van der Waals surface area contributed by atoms with E-state index >= 15 is 0 Å². The van der Waals surface area contributed by atoms with Crippen LogP contribution >= 0.6 is 81.2 Å². The van der Waals surface area contributed by atoms with Gasteiger partial charge in [-0.25, -0.2) is 41.6 Å². The van der Waals surface area contributed by atoms with Gasteiger partial charge in [-0.2, -0.15) is 8.42 Å². The van der Waals surface area contributed by atoms with Gasteiger partial charge in [0.05, 0.1) is 51.5 Å². The first-order valence-corrected chi connectivity index (χ1v) is 28.9. The summed E-state index contributed by atoms with van der Waals surface area (Å²) in [4.78, 5) is 34.9. The van der Waals surface area contributed by atoms with Gasteiger partial charge in [0.2, 0.25) is 15.7 Å². The number of imidazole rings is 3. The third-order valence-corrected chi connectivity index (χ3v) is 16.3. The summed E-state index contributed by atoms with van der Waals surface area (Å²) in [5.74, 6) is -0.432. The number of rotatable bonds is 11. The number of halogens is 7. The van der Waals surface area contributed by atoms with E-state index in [1.165, 1.54) is 82.3 Å². The Balaban J connectivity index is 0.000000178. The fourth-order valence-electron chi connectivity index (χ4n) is 6.79. The van der Waals surface area contributed by atoms with E-state index < -0.39 is 47.1 Å². The van der Waals surface area contributed by atoms with E-state index in [2.05, 4.69) is 19.3 Å². The summed E-state index contributed by atoms with van der Waals surface area (Å²) in [6.45, 7) is 5.60. The molecule has 9 aromatic rings. The number of carbonyl (C=O) groups excluding carboxylic acids is 2. The van der Waals surface area contributed by atoms with E-state index in [-0.39, 0.29) is 52.6 Å². The fourth-order valence-corrected chi connectivity index (χ4v) is 11.8. The average Bonchev–Trinajstić information content (AvgIpc) is 4.28. The zero-order valence-corrected chi connectivity index (χ0v) is 49.2. The number of aryl methyl sites for hydroxylation is 3. The van der Waals surface area contributed by atoms with Crippen molar-refractivity contribution in [1.29, 1.82) is 0 Å². The Bertz CT molecular complexity index is 4230. The number of nitrogens with two attached hydrogens (primary N) is 1. The van der Waals surface area contributed by atoms with Crippen LogP contribution in [0.4, 0.5) is 0 Å². The van der Waals surface area contributed by atoms with Gasteiger partial charge in [-0.05, 0) is 104 Å². The molecule has 0 bridgehead atoms. The molecule has 0 aliphatic rings. The number of methoxy groups -OCH3 is 3. The molecule has 1 amide bonds. The largest absolute Gasteiger partial charge is 0.577 e. The lowest BCUT2D eigenvalue weighted by molar-refractivity contribution is 0.0976. The Morgan fingerprint density at radius 3 is 1.30 bits per heavy atom. The second-order valence-corrected chi connectivity index (χ2v) is 23.8. The highest BCUT2D eigenvalue weighted by molar-refractivity contribution is 7.90. The molecular weight excluding hydrogens is 1240 g/mol. The molecule has 0 spiro atoms. The number of ether oxygens (including phenoxy) is 3. The van der Waals surface area contributed by atoms with Crippen LogP contribution in [0.25, 0.3) is 16.9 Å². The van der Waals surface area contributed by atoms with Crippen LogP contribution in [0.5, 0.6) is 17.2 Å². The molecule has 3 aromatic carbocycles. The minimum atomic E-state index is -4.22. The summed E-state index contributed by atoms with van der Waals surface area (Å²) in [5.41, 5.74) is 4.23. The molecule has 9 rings (SSSR count). The lowest BCUT2D eigenvalue weighted by atomic mass is 10.3. The van der Waals surface area contributed by atoms with Gasteiger partial charge >= 0.3 is 5.90 Å². The summed E-state index contributed by atoms with van der Waals surface area (Å²) >= 11 is 41.0. The molecule has 21 nitrogen and oxygen atoms in total. The van der Waals surface area contributed by atoms with E-state index in [0.717, 1.165) is 16.7 Å². The minimum absolute atomic E-state index is 0.0176. The fraction of sp³-hybridized carbons (Fsp3) is 0.125. The summed E-state index contributed by atoms with van der Waals surface area (Å²) in [5, 5.41) is 13.6. The second-order valence-electron chi connectivity index (χ2n) is 16.2. The SMILES string of the molecule is COc1ccc(Cl)c(S(=O)(=O)N=C([OH2+])c2cn3cc(C)cc(Cl)c3n2)c1.COc1ccc(Cl)c(S(=O)(=O)NC(=O)c2cn3cc(C)cc(Cl)c3n2)c1.COc1ccc(Cl)c(S(N)(=O)=O)c1.Cc1cc(Cl)c2nc(C(=O)Cl)cn2c1. The second kappa shape index (κ2) is 25.4. The van der Waals surface area contributed by atoms with E-state index in [0.29, 0.717) is 43.5 Å². The molecule has 0 saturated carbocycles. The lowest BCUT2D eigenvalue weighted by Crippen LogP contribution is -2.31. The van der Waals surface area contributed by atoms with Crippen LogP contribution in [-0.4, -0.2) is 96.9 Å². The van der Waals surface area contributed by atoms with Crippen molar-refractivity contribution in [1.82, 2.24) is 32.9 Å². The van der Waals surface area contributed by atoms with Crippen LogP contribution in [-0.2, 0) is 30.1 Å². The number of hydrogen-bond acceptors (Lipinski definition) is 14. The number of nitrogens with zero attached hydrogens (tertiary/aromatic N) is 7. The number of benzene rings is 3. The van der Waals surface area contributed by atoms with E-state index in [1.54, 1.807) is 56.1 Å². The highest BCUT2D eigenvalue weighted by Crippen LogP contribution is 2.30. The monoisotopic (exact) mass is 1280 g/mol. The Hall–Kier alpha value is -6.42. The number of fused-ring (bicyclic) bond motifs is 3. The normalized spacial score (nSPS) is 11.7. The van der Waals surface area contributed by atoms with Crippen molar-refractivity contribution in [3.63, 3.8) is 0 Å². The van der Waals surface area contributed by atoms with Gasteiger partial charge in [0.15, 0.2) is 16.9 Å². The smallest absolute Gasteiger partial charge is 0.396 e. The average molecular weight is 1280 g/mol. The zero-order chi connectivity index (χ0) is 58.5. The van der Waals surface area contributed by atoms with Gasteiger partial charge < -0.3 is 32.5 Å². The topological polar surface area (TPSA) is 289 Å². The maximum atomic E-state index is 12.5. The molecule has 0 aliphatic carbocycles. The van der Waals surface area contributed by atoms with Crippen LogP contribution < -0.4 is 24.1 Å². The first-order chi connectivity index (χ1) is 36.9. The number of pyridine rings is 3. The maximum absolute atomic E-state index is 12.5. The van der Waals surface area contributed by atoms with Gasteiger partial charge in [-0.1, -0.05) is 74.0 Å². The molecule has 0 radical (unpaired) electrons. The van der Waals surface area contributed by atoms with Crippen molar-refractivity contribution in [2.75, 3.05) is 21.3 Å². The molecule has 6 aromatic heterocycles. The number of sulfonamides is 3. The lowest BCUT2D eigenvalue weighted by Gasteiger charge is -2.09. The molecule has 0 saturated heterocycles. The van der Waals surface area contributed by atoms with Crippen molar-refractivity contribution in [2.24, 2.45) is 9.54 Å². The highest BCUT2D eigenvalue weighted by Gasteiger charge is 2.26. The predicted octanol–water partition coefficient (Wildman–Crippen LogP) is 9.57. The molecule has 0 unspecified atom stereocenters. The molecule has 416 valence electrons. The first kappa shape index (κ1) is 61.8. The van der Waals surface area contributed by atoms with E-state index in [1.807, 2.05) is 31.7 Å². The number of aromatic nitrogens is 6. The van der Waals surface area contributed by atoms with Crippen molar-refractivity contribution in [2.45, 2.75) is 35.5 Å². The van der Waals surface area contributed by atoms with Gasteiger partial charge in [-0.15, -0.1) is 0 Å². The van der Waals surface area contributed by atoms with Crippen molar-refractivity contribution >= 4 is 145 Å². The van der Waals surface area contributed by atoms with Crippen molar-refractivity contribution in [3.05, 3.63) is 174 Å². The molecule has 0 atom stereocenters. The minimum Gasteiger partial charge on any atom is -0.577 e. The Morgan fingerprint density at radius 1 is 0.532 bits per heavy atom. The zero-order valence-electron chi connectivity index (χ0n) is 41.5. The van der Waals surface area contributed by atoms with Crippen LogP contribution in [0.3, 0.4) is 0 Å². The van der Waals surface area contributed by atoms with Gasteiger partial charge in [-0.3, -0.25) is 9.59 Å². The molecule has 31 heteroatoms. The van der Waals surface area contributed by atoms with E-state index in [4.69, 9.17) is 106 Å². The van der Waals surface area contributed by atoms with Crippen LogP contribution in [0.1, 0.15) is 43.4 Å². The van der Waals surface area contributed by atoms with Gasteiger partial charge in [0.25, 0.3) is 31.2 Å². The number of primary sulfonamides is 1. The molecule has 0 fully saturated rings. The summed E-state index contributed by atoms with van der Waals surface area (Å²) in [6.07, 6.45) is 9.76. The highest BCUT2D eigenvalue weighted by atomic mass is 35.5. The third kappa shape index (κ3) is 15.3. The molecule has 5 N–H and O–H groups in total. The van der Waals surface area contributed by atoms with Crippen molar-refractivity contribution < 1.29 is 54.2 Å². The number of hydrogen-bond donors (Lipinski definition) is 2. The standard InChI is InChI=1S/2C16H13Cl2N3O4S.C9H6Cl2N2O.C7H8ClNO3S/c2*1-9-5-12(18)15-19-13(8-21(15)7-9)16(22)20-26(23,24)14-6-10(25-2)3-4-11(14)17;1-5-2-6(10)9-12-7(8(11)14)4-13(9)3-5;1-12-5-2-3-6(8)7(4-5)13(9,10)11/h2*3-8H,1-2H3,(H,20,22);2-4H,1H3;2-4H,1H3,(H2,9,10,11)/p+1. The quantitative estimate of drug-likeness (QED) is 0.0528. The van der Waals surface area contributed by atoms with Gasteiger partial charge in [0, 0.05) is 55.4 Å². The van der Waals surface area contributed by atoms with Crippen LogP contribution in [0.15, 0.2) is 129 Å². The van der Waals surface area contributed by atoms with Crippen molar-refractivity contribution in [3.8, 4) is 17.2 Å². The Morgan fingerprint density at radius 2 is 0.886 bits per heavy atom. The van der Waals surface area contributed by atoms with Gasteiger partial charge in [0.1, 0.15) is 43.3 Å². The maximum Gasteiger partial charge on any atom is 0.396 e. The number of amides is 1. The van der Waals surface area contributed by atoms with Crippen LogP contribution in [0, 0.1) is 20.8 Å². The molecule has 79 heavy (non-hydrogen) atoms. The first-order valence-electron chi connectivity index (χ1n) is 21.8. The summed E-state index contributed by atoms with van der Waals surface area (Å²) in [6, 6.07) is 17.7. The molecular formula is C48H41Cl7N9O12S3+. The Kier molecular flexibility index (Phi) is 19.8. The molecule has 6 heterocycles. The summed E-state index contributed by atoms with van der Waals surface area (Å²) < 4.78 is 97.2. The van der Waals surface area contributed by atoms with E-state index in [9.17, 15) is 34.8 Å². The molecule has 0 aliphatic heterocycles. The van der Waals surface area contributed by atoms with Crippen LogP contribution in [0.2, 0.25) is 30.1 Å². The summed E-state index contributed by atoms with van der Waals surface area (Å²) in [7, 11) is -8.00.